The molecule has 0 heterocycles. The van der Waals surface area contributed by atoms with Gasteiger partial charge in [-0.15, -0.1) is 0 Å². The van der Waals surface area contributed by atoms with Gasteiger partial charge in [0.1, 0.15) is 5.56 Å². The van der Waals surface area contributed by atoms with Crippen LogP contribution in [0.15, 0.2) is 18.2 Å². The first-order valence-electron chi connectivity index (χ1n) is 6.19. The number of carbonyl (C=O) groups is 1. The first kappa shape index (κ1) is 14.8. The van der Waals surface area contributed by atoms with Gasteiger partial charge >= 0.3 is 5.97 Å². The molecule has 0 bridgehead atoms. The van der Waals surface area contributed by atoms with E-state index < -0.39 is 5.97 Å². The molecule has 0 aromatic heterocycles. The molecule has 1 rings (SSSR count). The second-order valence-electron chi connectivity index (χ2n) is 3.83. The van der Waals surface area contributed by atoms with Gasteiger partial charge in [-0.05, 0) is 31.9 Å². The van der Waals surface area contributed by atoms with Crippen molar-refractivity contribution in [1.82, 2.24) is 0 Å². The average Bonchev–Trinajstić information content (AvgIpc) is 2.40. The molecule has 0 amide bonds. The van der Waals surface area contributed by atoms with Crippen LogP contribution in [0.1, 0.15) is 36.5 Å². The van der Waals surface area contributed by atoms with E-state index in [1.807, 2.05) is 6.92 Å². The number of nitriles is 1. The zero-order valence-corrected chi connectivity index (χ0v) is 10.9. The van der Waals surface area contributed by atoms with Gasteiger partial charge in [0.2, 0.25) is 0 Å². The van der Waals surface area contributed by atoms with E-state index in [4.69, 9.17) is 19.8 Å². The molecular formula is C14H17NO4. The molecule has 0 atom stereocenters. The molecule has 0 fully saturated rings. The lowest BCUT2D eigenvalue weighted by Gasteiger charge is -2.13. The maximum Gasteiger partial charge on any atom is 0.339 e. The number of nitrogens with zero attached hydrogens (tertiary/aromatic N) is 1. The molecule has 102 valence electrons. The van der Waals surface area contributed by atoms with Gasteiger partial charge in [0.15, 0.2) is 11.5 Å². The molecule has 1 aromatic carbocycles. The number of hydrogen-bond acceptors (Lipinski definition) is 4. The minimum absolute atomic E-state index is 0.0891. The maximum absolute atomic E-state index is 11.1. The number of ether oxygens (including phenoxy) is 2. The van der Waals surface area contributed by atoms with Crippen LogP contribution in [-0.4, -0.2) is 24.3 Å². The van der Waals surface area contributed by atoms with Crippen molar-refractivity contribution >= 4 is 5.97 Å². The third-order valence-electron chi connectivity index (χ3n) is 2.44. The van der Waals surface area contributed by atoms with Crippen molar-refractivity contribution in [3.8, 4) is 17.6 Å². The highest BCUT2D eigenvalue weighted by molar-refractivity contribution is 5.92. The Morgan fingerprint density at radius 2 is 2.16 bits per heavy atom. The van der Waals surface area contributed by atoms with Crippen LogP contribution in [0.3, 0.4) is 0 Å². The zero-order chi connectivity index (χ0) is 14.1. The molecule has 0 saturated carbocycles. The van der Waals surface area contributed by atoms with Gasteiger partial charge in [0.05, 0.1) is 19.3 Å². The number of carboxylic acids is 1. The van der Waals surface area contributed by atoms with Crippen molar-refractivity contribution in [2.75, 3.05) is 13.2 Å². The minimum Gasteiger partial charge on any atom is -0.490 e. The Bertz CT molecular complexity index is 465. The third-order valence-corrected chi connectivity index (χ3v) is 2.44. The average molecular weight is 263 g/mol. The third kappa shape index (κ3) is 4.51. The van der Waals surface area contributed by atoms with E-state index in [0.29, 0.717) is 31.8 Å². The lowest BCUT2D eigenvalue weighted by atomic mass is 10.2. The molecule has 0 saturated heterocycles. The van der Waals surface area contributed by atoms with Crippen molar-refractivity contribution in [1.29, 1.82) is 5.26 Å². The van der Waals surface area contributed by atoms with E-state index in [1.165, 1.54) is 6.07 Å². The topological polar surface area (TPSA) is 79.6 Å². The van der Waals surface area contributed by atoms with Crippen LogP contribution in [0.25, 0.3) is 0 Å². The van der Waals surface area contributed by atoms with Gasteiger partial charge in [-0.1, -0.05) is 6.07 Å². The summed E-state index contributed by atoms with van der Waals surface area (Å²) in [5.41, 5.74) is 0.0891. The summed E-state index contributed by atoms with van der Waals surface area (Å²) < 4.78 is 10.9. The standard InChI is InChI=1S/C14H17NO4/c1-2-18-12-8-6-7-11(14(16)17)13(12)19-10-5-3-4-9-15/h6-8H,2-5,10H2,1H3,(H,16,17). The van der Waals surface area contributed by atoms with Gasteiger partial charge in [-0.2, -0.15) is 5.26 Å². The number of carboxylic acid groups (broad SMARTS) is 1. The molecule has 0 aliphatic carbocycles. The van der Waals surface area contributed by atoms with E-state index >= 15 is 0 Å². The monoisotopic (exact) mass is 263 g/mol. The lowest BCUT2D eigenvalue weighted by Crippen LogP contribution is -2.07. The number of rotatable bonds is 8. The molecule has 5 nitrogen and oxygen atoms in total. The molecule has 0 aliphatic heterocycles. The molecule has 0 spiro atoms. The fourth-order valence-electron chi connectivity index (χ4n) is 1.58. The molecular weight excluding hydrogens is 246 g/mol. The van der Waals surface area contributed by atoms with E-state index in [9.17, 15) is 4.79 Å². The van der Waals surface area contributed by atoms with E-state index in [-0.39, 0.29) is 11.3 Å². The Kier molecular flexibility index (Phi) is 6.23. The Hall–Kier alpha value is -2.22. The van der Waals surface area contributed by atoms with E-state index in [1.54, 1.807) is 12.1 Å². The second kappa shape index (κ2) is 7.98. The highest BCUT2D eigenvalue weighted by Crippen LogP contribution is 2.31. The highest BCUT2D eigenvalue weighted by atomic mass is 16.5. The number of unbranched alkanes of at least 4 members (excludes halogenated alkanes) is 2. The number of benzene rings is 1. The van der Waals surface area contributed by atoms with Crippen LogP contribution in [0.5, 0.6) is 11.5 Å². The number of aromatic carboxylic acids is 1. The van der Waals surface area contributed by atoms with Crippen molar-refractivity contribution in [3.63, 3.8) is 0 Å². The fraction of sp³-hybridized carbons (Fsp3) is 0.429. The van der Waals surface area contributed by atoms with Crippen LogP contribution in [0, 0.1) is 11.3 Å². The van der Waals surface area contributed by atoms with Crippen molar-refractivity contribution in [2.24, 2.45) is 0 Å². The normalized spacial score (nSPS) is 9.68. The zero-order valence-electron chi connectivity index (χ0n) is 10.9. The Labute approximate surface area is 112 Å². The molecule has 1 N–H and O–H groups in total. The summed E-state index contributed by atoms with van der Waals surface area (Å²) in [7, 11) is 0. The molecule has 1 aromatic rings. The predicted octanol–water partition coefficient (Wildman–Crippen LogP) is 2.86. The number of hydrogen-bond donors (Lipinski definition) is 1. The molecule has 0 unspecified atom stereocenters. The maximum atomic E-state index is 11.1. The van der Waals surface area contributed by atoms with Crippen molar-refractivity contribution < 1.29 is 19.4 Å². The van der Waals surface area contributed by atoms with Crippen LogP contribution < -0.4 is 9.47 Å². The van der Waals surface area contributed by atoms with Crippen LogP contribution >= 0.6 is 0 Å². The fourth-order valence-corrected chi connectivity index (χ4v) is 1.58. The molecule has 0 aliphatic rings. The summed E-state index contributed by atoms with van der Waals surface area (Å²) in [4.78, 5) is 11.1. The number of para-hydroxylation sites is 1. The Morgan fingerprint density at radius 1 is 1.37 bits per heavy atom. The SMILES string of the molecule is CCOc1cccc(C(=O)O)c1OCCCCC#N. The Balaban J connectivity index is 2.77. The Morgan fingerprint density at radius 3 is 2.79 bits per heavy atom. The van der Waals surface area contributed by atoms with Crippen LogP contribution in [-0.2, 0) is 0 Å². The van der Waals surface area contributed by atoms with Gasteiger partial charge in [-0.25, -0.2) is 4.79 Å². The lowest BCUT2D eigenvalue weighted by molar-refractivity contribution is 0.0691. The highest BCUT2D eigenvalue weighted by Gasteiger charge is 2.16. The summed E-state index contributed by atoms with van der Waals surface area (Å²) >= 11 is 0. The minimum atomic E-state index is -1.05. The van der Waals surface area contributed by atoms with Crippen molar-refractivity contribution in [3.05, 3.63) is 23.8 Å². The van der Waals surface area contributed by atoms with Crippen molar-refractivity contribution in [2.45, 2.75) is 26.2 Å². The first-order chi connectivity index (χ1) is 9.20. The predicted molar refractivity (Wildman–Crippen MR) is 69.5 cm³/mol. The molecule has 5 heteroatoms. The summed E-state index contributed by atoms with van der Waals surface area (Å²) in [6.45, 7) is 2.63. The summed E-state index contributed by atoms with van der Waals surface area (Å²) in [6.07, 6.45) is 1.91. The van der Waals surface area contributed by atoms with E-state index in [2.05, 4.69) is 6.07 Å². The summed E-state index contributed by atoms with van der Waals surface area (Å²) in [5.74, 6) is -0.356. The first-order valence-corrected chi connectivity index (χ1v) is 6.19. The van der Waals surface area contributed by atoms with E-state index in [0.717, 1.165) is 6.42 Å². The summed E-state index contributed by atoms with van der Waals surface area (Å²) in [6, 6.07) is 6.84. The largest absolute Gasteiger partial charge is 0.490 e. The van der Waals surface area contributed by atoms with Crippen LogP contribution in [0.2, 0.25) is 0 Å². The van der Waals surface area contributed by atoms with Gasteiger partial charge < -0.3 is 14.6 Å². The smallest absolute Gasteiger partial charge is 0.339 e. The van der Waals surface area contributed by atoms with Gasteiger partial charge in [0.25, 0.3) is 0 Å². The molecule has 19 heavy (non-hydrogen) atoms. The van der Waals surface area contributed by atoms with Gasteiger partial charge in [0, 0.05) is 6.42 Å². The van der Waals surface area contributed by atoms with Crippen LogP contribution in [0.4, 0.5) is 0 Å². The van der Waals surface area contributed by atoms with Gasteiger partial charge in [-0.3, -0.25) is 0 Å². The second-order valence-corrected chi connectivity index (χ2v) is 3.83. The summed E-state index contributed by atoms with van der Waals surface area (Å²) in [5, 5.41) is 17.5. The molecule has 0 radical (unpaired) electrons. The quantitative estimate of drug-likeness (QED) is 0.729.